The van der Waals surface area contributed by atoms with Crippen LogP contribution in [0.4, 0.5) is 17.1 Å². The third-order valence-electron chi connectivity index (χ3n) is 5.87. The first kappa shape index (κ1) is 25.3. The summed E-state index contributed by atoms with van der Waals surface area (Å²) in [7, 11) is 0. The van der Waals surface area contributed by atoms with Crippen LogP contribution in [0.15, 0.2) is 60.7 Å². The molecule has 0 aromatic heterocycles. The van der Waals surface area contributed by atoms with Crippen LogP contribution in [0.1, 0.15) is 56.0 Å². The van der Waals surface area contributed by atoms with E-state index in [1.165, 1.54) is 32.0 Å². The highest BCUT2D eigenvalue weighted by Gasteiger charge is 2.37. The fourth-order valence-electron chi connectivity index (χ4n) is 3.89. The van der Waals surface area contributed by atoms with Gasteiger partial charge in [-0.05, 0) is 80.4 Å². The first-order valence-electron chi connectivity index (χ1n) is 11.5. The fraction of sp³-hybridized carbons (Fsp3) is 0.179. The maximum absolute atomic E-state index is 13.1. The molecule has 37 heavy (non-hydrogen) atoms. The second-order valence-electron chi connectivity index (χ2n) is 8.79. The third-order valence-corrected chi connectivity index (χ3v) is 5.87. The molecule has 4 rings (SSSR count). The van der Waals surface area contributed by atoms with E-state index in [4.69, 9.17) is 4.74 Å². The summed E-state index contributed by atoms with van der Waals surface area (Å²) in [4.78, 5) is 63.5. The van der Waals surface area contributed by atoms with Gasteiger partial charge >= 0.3 is 5.97 Å². The van der Waals surface area contributed by atoms with Gasteiger partial charge in [0.15, 0.2) is 6.10 Å². The number of benzene rings is 3. The SMILES string of the molecule is CC(=O)Nc1ccc(N2C(=O)c3ccc(C(=O)OC(C)C(=O)Nc4cc(C)ccc4C)cc3C2=O)cc1. The summed E-state index contributed by atoms with van der Waals surface area (Å²) in [5, 5.41) is 5.37. The van der Waals surface area contributed by atoms with E-state index in [-0.39, 0.29) is 22.6 Å². The summed E-state index contributed by atoms with van der Waals surface area (Å²) in [5.41, 5.74) is 3.55. The van der Waals surface area contributed by atoms with Gasteiger partial charge in [0, 0.05) is 18.3 Å². The Balaban J connectivity index is 1.47. The Morgan fingerprint density at radius 1 is 0.838 bits per heavy atom. The summed E-state index contributed by atoms with van der Waals surface area (Å²) < 4.78 is 5.32. The Labute approximate surface area is 213 Å². The quantitative estimate of drug-likeness (QED) is 0.386. The van der Waals surface area contributed by atoms with E-state index < -0.39 is 29.8 Å². The van der Waals surface area contributed by atoms with Gasteiger partial charge in [0.2, 0.25) is 5.91 Å². The highest BCUT2D eigenvalue weighted by molar-refractivity contribution is 6.34. The van der Waals surface area contributed by atoms with Gasteiger partial charge in [-0.25, -0.2) is 9.69 Å². The maximum atomic E-state index is 13.1. The molecule has 0 bridgehead atoms. The second kappa shape index (κ2) is 10.1. The molecule has 0 fully saturated rings. The van der Waals surface area contributed by atoms with Crippen LogP contribution in [0, 0.1) is 13.8 Å². The number of imide groups is 1. The molecular weight excluding hydrogens is 474 g/mol. The van der Waals surface area contributed by atoms with Crippen LogP contribution >= 0.6 is 0 Å². The second-order valence-corrected chi connectivity index (χ2v) is 8.79. The van der Waals surface area contributed by atoms with E-state index in [9.17, 15) is 24.0 Å². The largest absolute Gasteiger partial charge is 0.449 e. The summed E-state index contributed by atoms with van der Waals surface area (Å²) in [5.74, 6) is -2.67. The Hall–Kier alpha value is -4.79. The summed E-state index contributed by atoms with van der Waals surface area (Å²) in [6.45, 7) is 6.58. The number of hydrogen-bond donors (Lipinski definition) is 2. The van der Waals surface area contributed by atoms with Gasteiger partial charge in [-0.2, -0.15) is 0 Å². The number of amides is 4. The summed E-state index contributed by atoms with van der Waals surface area (Å²) in [6.07, 6.45) is -1.10. The number of fused-ring (bicyclic) bond motifs is 1. The lowest BCUT2D eigenvalue weighted by molar-refractivity contribution is -0.123. The van der Waals surface area contributed by atoms with Crippen molar-refractivity contribution < 1.29 is 28.7 Å². The van der Waals surface area contributed by atoms with Crippen molar-refractivity contribution in [1.82, 2.24) is 0 Å². The van der Waals surface area contributed by atoms with Gasteiger partial charge in [-0.15, -0.1) is 0 Å². The monoisotopic (exact) mass is 499 g/mol. The fourth-order valence-corrected chi connectivity index (χ4v) is 3.89. The molecule has 3 aromatic rings. The number of carbonyl (C=O) groups is 5. The van der Waals surface area contributed by atoms with Crippen LogP contribution in [0.2, 0.25) is 0 Å². The number of hydrogen-bond acceptors (Lipinski definition) is 6. The Bertz CT molecular complexity index is 1440. The van der Waals surface area contributed by atoms with E-state index in [2.05, 4.69) is 10.6 Å². The molecule has 0 saturated heterocycles. The van der Waals surface area contributed by atoms with Crippen LogP contribution in [-0.2, 0) is 14.3 Å². The highest BCUT2D eigenvalue weighted by Crippen LogP contribution is 2.30. The Kier molecular flexibility index (Phi) is 6.88. The van der Waals surface area contributed by atoms with Gasteiger partial charge in [0.1, 0.15) is 0 Å². The molecule has 1 aliphatic heterocycles. The van der Waals surface area contributed by atoms with Gasteiger partial charge in [0.25, 0.3) is 17.7 Å². The van der Waals surface area contributed by atoms with Crippen LogP contribution in [0.25, 0.3) is 0 Å². The molecule has 188 valence electrons. The van der Waals surface area contributed by atoms with Crippen LogP contribution in [0.5, 0.6) is 0 Å². The molecular formula is C28H25N3O6. The number of nitrogens with one attached hydrogen (secondary N) is 2. The molecule has 3 aromatic carbocycles. The topological polar surface area (TPSA) is 122 Å². The molecule has 0 aliphatic carbocycles. The van der Waals surface area contributed by atoms with Crippen molar-refractivity contribution in [3.05, 3.63) is 88.5 Å². The van der Waals surface area contributed by atoms with Crippen LogP contribution < -0.4 is 15.5 Å². The average Bonchev–Trinajstić information content (AvgIpc) is 3.10. The zero-order valence-electron chi connectivity index (χ0n) is 20.7. The van der Waals surface area contributed by atoms with Crippen molar-refractivity contribution in [3.63, 3.8) is 0 Å². The molecule has 9 nitrogen and oxygen atoms in total. The molecule has 9 heteroatoms. The van der Waals surface area contributed by atoms with Gasteiger partial charge in [0.05, 0.1) is 22.4 Å². The Morgan fingerprint density at radius 2 is 1.51 bits per heavy atom. The predicted octanol–water partition coefficient (Wildman–Crippen LogP) is 4.25. The number of rotatable bonds is 6. The number of anilines is 3. The molecule has 1 atom stereocenters. The number of nitrogens with zero attached hydrogens (tertiary/aromatic N) is 1. The van der Waals surface area contributed by atoms with Gasteiger partial charge in [-0.3, -0.25) is 19.2 Å². The molecule has 2 N–H and O–H groups in total. The van der Waals surface area contributed by atoms with Crippen LogP contribution in [0.3, 0.4) is 0 Å². The van der Waals surface area contributed by atoms with E-state index in [1.807, 2.05) is 32.0 Å². The first-order chi connectivity index (χ1) is 17.5. The first-order valence-corrected chi connectivity index (χ1v) is 11.5. The number of aryl methyl sites for hydroxylation is 2. The number of carbonyl (C=O) groups excluding carboxylic acids is 5. The van der Waals surface area contributed by atoms with Crippen molar-refractivity contribution in [3.8, 4) is 0 Å². The van der Waals surface area contributed by atoms with E-state index in [0.29, 0.717) is 17.1 Å². The molecule has 0 spiro atoms. The van der Waals surface area contributed by atoms with Crippen molar-refractivity contribution >= 4 is 46.7 Å². The molecule has 1 unspecified atom stereocenters. The summed E-state index contributed by atoms with van der Waals surface area (Å²) in [6, 6.07) is 15.9. The van der Waals surface area contributed by atoms with Crippen molar-refractivity contribution in [1.29, 1.82) is 0 Å². The average molecular weight is 500 g/mol. The van der Waals surface area contributed by atoms with E-state index >= 15 is 0 Å². The zero-order valence-corrected chi connectivity index (χ0v) is 20.7. The van der Waals surface area contributed by atoms with Gasteiger partial charge < -0.3 is 15.4 Å². The standard InChI is InChI=1S/C28H25N3O6/c1-15-5-6-16(2)24(13-15)30-25(33)17(3)37-28(36)19-7-12-22-23(14-19)27(35)31(26(22)34)21-10-8-20(9-11-21)29-18(4)32/h5-14,17H,1-4H3,(H,29,32)(H,30,33). The van der Waals surface area contributed by atoms with Crippen molar-refractivity contribution in [2.45, 2.75) is 33.8 Å². The van der Waals surface area contributed by atoms with E-state index in [0.717, 1.165) is 16.0 Å². The lowest BCUT2D eigenvalue weighted by Gasteiger charge is -2.15. The maximum Gasteiger partial charge on any atom is 0.338 e. The molecule has 0 saturated carbocycles. The van der Waals surface area contributed by atoms with Crippen molar-refractivity contribution in [2.75, 3.05) is 15.5 Å². The van der Waals surface area contributed by atoms with Crippen molar-refractivity contribution in [2.24, 2.45) is 0 Å². The third kappa shape index (κ3) is 5.25. The smallest absolute Gasteiger partial charge is 0.338 e. The predicted molar refractivity (Wildman–Crippen MR) is 138 cm³/mol. The molecule has 4 amide bonds. The molecule has 0 radical (unpaired) electrons. The van der Waals surface area contributed by atoms with Gasteiger partial charge in [-0.1, -0.05) is 12.1 Å². The number of esters is 1. The molecule has 1 heterocycles. The lowest BCUT2D eigenvalue weighted by Crippen LogP contribution is -2.30. The summed E-state index contributed by atoms with van der Waals surface area (Å²) >= 11 is 0. The lowest BCUT2D eigenvalue weighted by atomic mass is 10.1. The Morgan fingerprint density at radius 3 is 2.19 bits per heavy atom. The minimum atomic E-state index is -1.10. The minimum Gasteiger partial charge on any atom is -0.449 e. The van der Waals surface area contributed by atoms with Crippen LogP contribution in [-0.4, -0.2) is 35.7 Å². The highest BCUT2D eigenvalue weighted by atomic mass is 16.5. The number of ether oxygens (including phenoxy) is 1. The minimum absolute atomic E-state index is 0.0362. The normalized spacial score (nSPS) is 13.1. The van der Waals surface area contributed by atoms with E-state index in [1.54, 1.807) is 24.3 Å². The zero-order chi connectivity index (χ0) is 26.9. The molecule has 1 aliphatic rings.